The number of aryl methyl sites for hydroxylation is 2. The van der Waals surface area contributed by atoms with Gasteiger partial charge in [-0.1, -0.05) is 0 Å². The third-order valence-electron chi connectivity index (χ3n) is 5.89. The standard InChI is InChI=1S/C23H30FN5O4/c1-12-9-15(10-13(2)19(12)24)29-20(28-11-17(30)25-21(28)31)18-14(3)27(8-7-16(18)26-29)22(32)33-23(4,5)6/h9-10,14,17,30H,7-8,11H2,1-6H3,(H,25,31)/t14-,17+/m0/s1. The number of β-amino-alcohol motifs (C(OH)–C–C–N with tert-alkyl or cyclic N) is 1. The van der Waals surface area contributed by atoms with E-state index >= 15 is 0 Å². The number of rotatable bonds is 2. The molecule has 0 bridgehead atoms. The average molecular weight is 460 g/mol. The van der Waals surface area contributed by atoms with Crippen molar-refractivity contribution in [3.63, 3.8) is 0 Å². The van der Waals surface area contributed by atoms with Gasteiger partial charge in [-0.15, -0.1) is 0 Å². The molecule has 2 aromatic rings. The molecule has 4 rings (SSSR count). The maximum absolute atomic E-state index is 14.3. The van der Waals surface area contributed by atoms with E-state index in [9.17, 15) is 19.1 Å². The van der Waals surface area contributed by atoms with Crippen molar-refractivity contribution in [1.29, 1.82) is 0 Å². The van der Waals surface area contributed by atoms with Crippen molar-refractivity contribution in [3.8, 4) is 5.69 Å². The van der Waals surface area contributed by atoms with Gasteiger partial charge in [-0.2, -0.15) is 5.10 Å². The fourth-order valence-corrected chi connectivity index (χ4v) is 4.41. The van der Waals surface area contributed by atoms with Gasteiger partial charge in [0.15, 0.2) is 0 Å². The van der Waals surface area contributed by atoms with Crippen molar-refractivity contribution in [3.05, 3.63) is 40.3 Å². The molecular weight excluding hydrogens is 429 g/mol. The van der Waals surface area contributed by atoms with Crippen LogP contribution in [-0.4, -0.2) is 56.8 Å². The van der Waals surface area contributed by atoms with Gasteiger partial charge in [0.2, 0.25) is 0 Å². The van der Waals surface area contributed by atoms with Crippen LogP contribution in [0.4, 0.5) is 19.8 Å². The first-order valence-electron chi connectivity index (χ1n) is 11.0. The van der Waals surface area contributed by atoms with E-state index in [0.717, 1.165) is 5.69 Å². The lowest BCUT2D eigenvalue weighted by Crippen LogP contribution is -2.42. The summed E-state index contributed by atoms with van der Waals surface area (Å²) in [5.41, 5.74) is 2.31. The van der Waals surface area contributed by atoms with Crippen molar-refractivity contribution < 1.29 is 23.8 Å². The molecule has 3 amide bonds. The zero-order valence-electron chi connectivity index (χ0n) is 19.8. The van der Waals surface area contributed by atoms with Crippen molar-refractivity contribution >= 4 is 17.9 Å². The second-order valence-corrected chi connectivity index (χ2v) is 9.66. The van der Waals surface area contributed by atoms with E-state index < -0.39 is 30.0 Å². The summed E-state index contributed by atoms with van der Waals surface area (Å²) in [7, 11) is 0. The van der Waals surface area contributed by atoms with Gasteiger partial charge in [0.05, 0.1) is 24.0 Å². The Balaban J connectivity index is 1.85. The molecular formula is C23H30FN5O4. The zero-order valence-corrected chi connectivity index (χ0v) is 19.8. The number of ether oxygens (including phenoxy) is 1. The molecule has 1 aromatic carbocycles. The molecule has 1 fully saturated rings. The number of amides is 3. The molecule has 2 aliphatic rings. The maximum Gasteiger partial charge on any atom is 0.410 e. The van der Waals surface area contributed by atoms with Crippen molar-refractivity contribution in [2.24, 2.45) is 0 Å². The van der Waals surface area contributed by atoms with E-state index in [1.807, 2.05) is 27.7 Å². The summed E-state index contributed by atoms with van der Waals surface area (Å²) in [6, 6.07) is 2.44. The molecule has 2 N–H and O–H groups in total. The quantitative estimate of drug-likeness (QED) is 0.718. The summed E-state index contributed by atoms with van der Waals surface area (Å²) in [6.45, 7) is 11.1. The number of benzene rings is 1. The number of fused-ring (bicyclic) bond motifs is 1. The molecule has 1 saturated heterocycles. The number of carbonyl (C=O) groups is 2. The van der Waals surface area contributed by atoms with Gasteiger partial charge in [-0.05, 0) is 64.8 Å². The van der Waals surface area contributed by atoms with Crippen molar-refractivity contribution in [2.45, 2.75) is 65.8 Å². The molecule has 10 heteroatoms. The number of hydrogen-bond donors (Lipinski definition) is 2. The highest BCUT2D eigenvalue weighted by molar-refractivity contribution is 5.95. The van der Waals surface area contributed by atoms with Crippen LogP contribution in [0.25, 0.3) is 5.69 Å². The minimum atomic E-state index is -1.03. The largest absolute Gasteiger partial charge is 0.444 e. The van der Waals surface area contributed by atoms with Crippen LogP contribution in [0.3, 0.4) is 0 Å². The van der Waals surface area contributed by atoms with Gasteiger partial charge in [-0.25, -0.2) is 18.7 Å². The molecule has 0 saturated carbocycles. The summed E-state index contributed by atoms with van der Waals surface area (Å²) in [5, 5.41) is 17.3. The number of anilines is 1. The Hall–Kier alpha value is -3.14. The molecule has 2 aliphatic heterocycles. The molecule has 3 heterocycles. The number of urea groups is 1. The molecule has 1 aromatic heterocycles. The Bertz CT molecular complexity index is 1100. The van der Waals surface area contributed by atoms with E-state index in [1.54, 1.807) is 35.6 Å². The van der Waals surface area contributed by atoms with Gasteiger partial charge in [-0.3, -0.25) is 4.90 Å². The van der Waals surface area contributed by atoms with Gasteiger partial charge in [0.25, 0.3) is 0 Å². The molecule has 178 valence electrons. The number of carbonyl (C=O) groups excluding carboxylic acids is 2. The lowest BCUT2D eigenvalue weighted by Gasteiger charge is -2.35. The van der Waals surface area contributed by atoms with Crippen LogP contribution in [0, 0.1) is 19.7 Å². The topological polar surface area (TPSA) is 99.9 Å². The first-order valence-corrected chi connectivity index (χ1v) is 11.0. The number of aliphatic hydroxyl groups excluding tert-OH is 1. The molecule has 0 radical (unpaired) electrons. The zero-order chi connectivity index (χ0) is 24.2. The number of halogens is 1. The number of aliphatic hydroxyl groups is 1. The van der Waals surface area contributed by atoms with E-state index in [4.69, 9.17) is 9.84 Å². The average Bonchev–Trinajstić information content (AvgIpc) is 3.24. The molecule has 0 unspecified atom stereocenters. The SMILES string of the molecule is Cc1cc(-n2nc3c(c2N2C[C@@H](O)NC2=O)[C@H](C)N(C(=O)OC(C)(C)C)CC3)cc(C)c1F. The van der Waals surface area contributed by atoms with Gasteiger partial charge >= 0.3 is 12.1 Å². The van der Waals surface area contributed by atoms with E-state index in [-0.39, 0.29) is 12.4 Å². The Kier molecular flexibility index (Phi) is 5.60. The Morgan fingerprint density at radius 2 is 1.91 bits per heavy atom. The van der Waals surface area contributed by atoms with E-state index in [0.29, 0.717) is 41.2 Å². The lowest BCUT2D eigenvalue weighted by molar-refractivity contribution is 0.0159. The predicted molar refractivity (Wildman–Crippen MR) is 120 cm³/mol. The first-order chi connectivity index (χ1) is 15.4. The van der Waals surface area contributed by atoms with Crippen LogP contribution >= 0.6 is 0 Å². The third-order valence-corrected chi connectivity index (χ3v) is 5.89. The number of nitrogens with one attached hydrogen (secondary N) is 1. The lowest BCUT2D eigenvalue weighted by atomic mass is 9.99. The minimum absolute atomic E-state index is 0.0231. The molecule has 9 nitrogen and oxygen atoms in total. The second kappa shape index (κ2) is 8.02. The fourth-order valence-electron chi connectivity index (χ4n) is 4.41. The summed E-state index contributed by atoms with van der Waals surface area (Å²) >= 11 is 0. The highest BCUT2D eigenvalue weighted by atomic mass is 19.1. The van der Waals surface area contributed by atoms with Crippen molar-refractivity contribution in [1.82, 2.24) is 20.0 Å². The molecule has 33 heavy (non-hydrogen) atoms. The normalized spacial score (nSPS) is 20.7. The predicted octanol–water partition coefficient (Wildman–Crippen LogP) is 3.33. The third kappa shape index (κ3) is 4.15. The van der Waals surface area contributed by atoms with Gasteiger partial charge in [0, 0.05) is 18.5 Å². The van der Waals surface area contributed by atoms with E-state index in [1.165, 1.54) is 4.90 Å². The Labute approximate surface area is 192 Å². The number of aromatic nitrogens is 2. The van der Waals surface area contributed by atoms with Crippen molar-refractivity contribution in [2.75, 3.05) is 18.0 Å². The van der Waals surface area contributed by atoms with E-state index in [2.05, 4.69) is 5.32 Å². The van der Waals surface area contributed by atoms with Crippen LogP contribution < -0.4 is 10.2 Å². The summed E-state index contributed by atoms with van der Waals surface area (Å²) in [5.74, 6) is 0.154. The first kappa shape index (κ1) is 23.0. The van der Waals surface area contributed by atoms with Crippen LogP contribution in [0.15, 0.2) is 12.1 Å². The Morgan fingerprint density at radius 3 is 2.45 bits per heavy atom. The molecule has 0 spiro atoms. The van der Waals surface area contributed by atoms with Crippen LogP contribution in [0.5, 0.6) is 0 Å². The maximum atomic E-state index is 14.3. The number of hydrogen-bond acceptors (Lipinski definition) is 5. The molecule has 2 atom stereocenters. The smallest absolute Gasteiger partial charge is 0.410 e. The fraction of sp³-hybridized carbons (Fsp3) is 0.522. The summed E-state index contributed by atoms with van der Waals surface area (Å²) in [4.78, 5) is 28.6. The summed E-state index contributed by atoms with van der Waals surface area (Å²) < 4.78 is 21.5. The van der Waals surface area contributed by atoms with Crippen LogP contribution in [0.2, 0.25) is 0 Å². The monoisotopic (exact) mass is 459 g/mol. The van der Waals surface area contributed by atoms with Gasteiger partial charge < -0.3 is 20.1 Å². The highest BCUT2D eigenvalue weighted by Crippen LogP contribution is 2.40. The number of nitrogens with zero attached hydrogens (tertiary/aromatic N) is 4. The summed E-state index contributed by atoms with van der Waals surface area (Å²) in [6.07, 6.45) is -1.01. The minimum Gasteiger partial charge on any atom is -0.444 e. The Morgan fingerprint density at radius 1 is 1.27 bits per heavy atom. The molecule has 0 aliphatic carbocycles. The second-order valence-electron chi connectivity index (χ2n) is 9.66. The van der Waals surface area contributed by atoms with Crippen LogP contribution in [-0.2, 0) is 11.2 Å². The highest BCUT2D eigenvalue weighted by Gasteiger charge is 2.40. The van der Waals surface area contributed by atoms with Crippen LogP contribution in [0.1, 0.15) is 56.1 Å². The van der Waals surface area contributed by atoms with Gasteiger partial charge in [0.1, 0.15) is 23.5 Å².